The molecule has 0 spiro atoms. The maximum absolute atomic E-state index is 11.8. The second kappa shape index (κ2) is 5.76. The molecule has 1 heterocycles. The van der Waals surface area contributed by atoms with Crippen LogP contribution in [0.4, 0.5) is 4.79 Å². The molecule has 0 bridgehead atoms. The highest BCUT2D eigenvalue weighted by molar-refractivity contribution is 5.80. The number of likely N-dealkylation sites (tertiary alicyclic amines) is 1. The number of hydrogen-bond acceptors (Lipinski definition) is 2. The second-order valence-corrected chi connectivity index (χ2v) is 4.87. The number of aliphatic carboxylic acids is 1. The van der Waals surface area contributed by atoms with E-state index < -0.39 is 11.4 Å². The molecule has 1 unspecified atom stereocenters. The summed E-state index contributed by atoms with van der Waals surface area (Å²) in [6.45, 7) is 6.53. The first-order chi connectivity index (χ1) is 8.44. The lowest BCUT2D eigenvalue weighted by molar-refractivity contribution is -0.150. The first-order valence-electron chi connectivity index (χ1n) is 6.10. The lowest BCUT2D eigenvalue weighted by Crippen LogP contribution is -2.43. The van der Waals surface area contributed by atoms with Gasteiger partial charge in [-0.25, -0.2) is 4.79 Å². The van der Waals surface area contributed by atoms with Crippen LogP contribution >= 0.6 is 0 Å². The summed E-state index contributed by atoms with van der Waals surface area (Å²) in [7, 11) is 0. The van der Waals surface area contributed by atoms with Gasteiger partial charge in [-0.15, -0.1) is 5.92 Å². The van der Waals surface area contributed by atoms with Gasteiger partial charge in [-0.05, 0) is 19.3 Å². The Balaban J connectivity index is 2.65. The van der Waals surface area contributed by atoms with Crippen molar-refractivity contribution in [3.8, 4) is 11.8 Å². The van der Waals surface area contributed by atoms with Gasteiger partial charge in [-0.3, -0.25) is 4.79 Å². The van der Waals surface area contributed by atoms with E-state index in [2.05, 4.69) is 17.2 Å². The number of carbonyl (C=O) groups is 2. The van der Waals surface area contributed by atoms with E-state index in [0.717, 1.165) is 0 Å². The Hall–Kier alpha value is -1.70. The van der Waals surface area contributed by atoms with Gasteiger partial charge >= 0.3 is 12.0 Å². The third kappa shape index (κ3) is 2.76. The number of urea groups is 1. The highest BCUT2D eigenvalue weighted by Crippen LogP contribution is 2.38. The van der Waals surface area contributed by atoms with Gasteiger partial charge in [-0.1, -0.05) is 19.8 Å². The second-order valence-electron chi connectivity index (χ2n) is 4.87. The Morgan fingerprint density at radius 3 is 2.61 bits per heavy atom. The molecule has 100 valence electrons. The van der Waals surface area contributed by atoms with E-state index in [9.17, 15) is 14.7 Å². The van der Waals surface area contributed by atoms with E-state index >= 15 is 0 Å². The van der Waals surface area contributed by atoms with Crippen LogP contribution < -0.4 is 5.32 Å². The molecule has 2 amide bonds. The van der Waals surface area contributed by atoms with Crippen LogP contribution in [0, 0.1) is 23.2 Å². The lowest BCUT2D eigenvalue weighted by Gasteiger charge is -2.28. The van der Waals surface area contributed by atoms with Gasteiger partial charge in [0.25, 0.3) is 0 Å². The lowest BCUT2D eigenvalue weighted by atomic mass is 9.76. The number of amides is 2. The molecule has 5 heteroatoms. The molecule has 0 saturated carbocycles. The molecule has 1 fully saturated rings. The number of nitrogens with one attached hydrogen (secondary N) is 1. The summed E-state index contributed by atoms with van der Waals surface area (Å²) in [5.41, 5.74) is -0.812. The number of nitrogens with zero attached hydrogens (tertiary/aromatic N) is 1. The largest absolute Gasteiger partial charge is 0.481 e. The number of hydrogen-bond donors (Lipinski definition) is 2. The maximum atomic E-state index is 11.8. The fourth-order valence-electron chi connectivity index (χ4n) is 2.22. The Morgan fingerprint density at radius 1 is 1.50 bits per heavy atom. The van der Waals surface area contributed by atoms with Crippen molar-refractivity contribution in [1.82, 2.24) is 10.2 Å². The Kier molecular flexibility index (Phi) is 4.60. The summed E-state index contributed by atoms with van der Waals surface area (Å²) in [6.07, 6.45) is 0.507. The van der Waals surface area contributed by atoms with Crippen molar-refractivity contribution in [2.75, 3.05) is 19.6 Å². The van der Waals surface area contributed by atoms with Crippen LogP contribution in [0.5, 0.6) is 0 Å². The summed E-state index contributed by atoms with van der Waals surface area (Å²) < 4.78 is 0. The van der Waals surface area contributed by atoms with Gasteiger partial charge in [0.2, 0.25) is 0 Å². The van der Waals surface area contributed by atoms with E-state index in [1.54, 1.807) is 11.8 Å². The Bertz CT molecular complexity index is 395. The Morgan fingerprint density at radius 2 is 2.17 bits per heavy atom. The molecule has 18 heavy (non-hydrogen) atoms. The van der Waals surface area contributed by atoms with Crippen molar-refractivity contribution in [3.63, 3.8) is 0 Å². The highest BCUT2D eigenvalue weighted by atomic mass is 16.4. The van der Waals surface area contributed by atoms with Gasteiger partial charge in [0, 0.05) is 13.1 Å². The predicted molar refractivity (Wildman–Crippen MR) is 67.9 cm³/mol. The van der Waals surface area contributed by atoms with Crippen molar-refractivity contribution in [3.05, 3.63) is 0 Å². The number of rotatable bonds is 3. The molecule has 5 nitrogen and oxygen atoms in total. The molecular formula is C13H20N2O3. The van der Waals surface area contributed by atoms with Crippen LogP contribution in [0.1, 0.15) is 27.2 Å². The van der Waals surface area contributed by atoms with Gasteiger partial charge in [0.1, 0.15) is 0 Å². The normalized spacial score (nSPS) is 22.6. The van der Waals surface area contributed by atoms with Crippen molar-refractivity contribution in [2.24, 2.45) is 11.3 Å². The first-order valence-corrected chi connectivity index (χ1v) is 6.10. The minimum Gasteiger partial charge on any atom is -0.481 e. The fraction of sp³-hybridized carbons (Fsp3) is 0.692. The smallest absolute Gasteiger partial charge is 0.318 e. The maximum Gasteiger partial charge on any atom is 0.318 e. The van der Waals surface area contributed by atoms with Crippen molar-refractivity contribution < 1.29 is 14.7 Å². The van der Waals surface area contributed by atoms with E-state index in [4.69, 9.17) is 0 Å². The predicted octanol–water partition coefficient (Wildman–Crippen LogP) is 1.15. The molecule has 2 N–H and O–H groups in total. The van der Waals surface area contributed by atoms with E-state index in [0.29, 0.717) is 19.5 Å². The third-order valence-corrected chi connectivity index (χ3v) is 3.62. The summed E-state index contributed by atoms with van der Waals surface area (Å²) >= 11 is 0. The molecule has 1 aliphatic rings. The van der Waals surface area contributed by atoms with Crippen LogP contribution in [0.25, 0.3) is 0 Å². The molecule has 0 aromatic heterocycles. The molecule has 0 aliphatic carbocycles. The first kappa shape index (κ1) is 14.4. The zero-order valence-corrected chi connectivity index (χ0v) is 11.1. The zero-order valence-electron chi connectivity index (χ0n) is 11.1. The minimum atomic E-state index is -0.818. The van der Waals surface area contributed by atoms with Crippen LogP contribution in [0.2, 0.25) is 0 Å². The molecule has 0 aromatic rings. The van der Waals surface area contributed by atoms with Gasteiger partial charge < -0.3 is 15.3 Å². The third-order valence-electron chi connectivity index (χ3n) is 3.62. The highest BCUT2D eigenvalue weighted by Gasteiger charge is 2.48. The van der Waals surface area contributed by atoms with E-state index in [1.165, 1.54) is 0 Å². The standard InChI is InChI=1S/C13H20N2O3/c1-4-5-7-14-12(18)15-8-6-13(9-15,10(2)3)11(16)17/h10H,6-9H2,1-3H3,(H,14,18)(H,16,17). The SMILES string of the molecule is CC#CCNC(=O)N1CCC(C(=O)O)(C(C)C)C1. The topological polar surface area (TPSA) is 69.6 Å². The molecule has 1 rings (SSSR count). The number of carboxylic acid groups (broad SMARTS) is 1. The summed E-state index contributed by atoms with van der Waals surface area (Å²) in [5.74, 6) is 4.62. The summed E-state index contributed by atoms with van der Waals surface area (Å²) in [4.78, 5) is 24.8. The molecule has 1 atom stereocenters. The van der Waals surface area contributed by atoms with E-state index in [1.807, 2.05) is 13.8 Å². The van der Waals surface area contributed by atoms with Gasteiger partial charge in [-0.2, -0.15) is 0 Å². The molecule has 1 aliphatic heterocycles. The monoisotopic (exact) mass is 252 g/mol. The van der Waals surface area contributed by atoms with Gasteiger partial charge in [0.15, 0.2) is 0 Å². The Labute approximate surface area is 108 Å². The summed E-state index contributed by atoms with van der Waals surface area (Å²) in [5, 5.41) is 12.0. The van der Waals surface area contributed by atoms with Crippen molar-refractivity contribution >= 4 is 12.0 Å². The minimum absolute atomic E-state index is 0.00299. The van der Waals surface area contributed by atoms with Crippen LogP contribution in [0.3, 0.4) is 0 Å². The fourth-order valence-corrected chi connectivity index (χ4v) is 2.22. The zero-order chi connectivity index (χ0) is 13.8. The molecule has 0 aromatic carbocycles. The van der Waals surface area contributed by atoms with Crippen molar-refractivity contribution in [1.29, 1.82) is 0 Å². The van der Waals surface area contributed by atoms with Crippen molar-refractivity contribution in [2.45, 2.75) is 27.2 Å². The molecule has 0 radical (unpaired) electrons. The molecular weight excluding hydrogens is 232 g/mol. The number of carboxylic acids is 1. The summed E-state index contributed by atoms with van der Waals surface area (Å²) in [6, 6.07) is -0.235. The van der Waals surface area contributed by atoms with Crippen LogP contribution in [-0.2, 0) is 4.79 Å². The average molecular weight is 252 g/mol. The number of carbonyl (C=O) groups excluding carboxylic acids is 1. The van der Waals surface area contributed by atoms with E-state index in [-0.39, 0.29) is 18.5 Å². The quantitative estimate of drug-likeness (QED) is 0.740. The van der Waals surface area contributed by atoms with Gasteiger partial charge in [0.05, 0.1) is 12.0 Å². The molecule has 1 saturated heterocycles. The average Bonchev–Trinajstić information content (AvgIpc) is 2.75. The van der Waals surface area contributed by atoms with Crippen LogP contribution in [-0.4, -0.2) is 41.6 Å². The van der Waals surface area contributed by atoms with Crippen LogP contribution in [0.15, 0.2) is 0 Å².